The van der Waals surface area contributed by atoms with Crippen LogP contribution in [0.15, 0.2) is 0 Å². The smallest absolute Gasteiger partial charge is 0.309 e. The highest BCUT2D eigenvalue weighted by Crippen LogP contribution is 2.44. The van der Waals surface area contributed by atoms with E-state index in [-0.39, 0.29) is 0 Å². The van der Waals surface area contributed by atoms with Gasteiger partial charge in [-0.25, -0.2) is 5.32 Å². The van der Waals surface area contributed by atoms with Crippen LogP contribution < -0.4 is 5.32 Å². The van der Waals surface area contributed by atoms with Crippen LogP contribution in [-0.2, 0) is 4.79 Å². The number of piperidine rings is 1. The van der Waals surface area contributed by atoms with Gasteiger partial charge in [0.2, 0.25) is 0 Å². The van der Waals surface area contributed by atoms with Crippen molar-refractivity contribution < 1.29 is 9.90 Å². The molecule has 0 amide bonds. The Bertz CT molecular complexity index is 205. The number of carboxylic acid groups (broad SMARTS) is 1. The average Bonchev–Trinajstić information content (AvgIpc) is 2.90. The second kappa shape index (κ2) is 3.29. The Labute approximate surface area is 78.5 Å². The van der Waals surface area contributed by atoms with Gasteiger partial charge in [0.05, 0.1) is 5.41 Å². The van der Waals surface area contributed by atoms with Gasteiger partial charge in [0.25, 0.3) is 0 Å². The fraction of sp³-hybridized carbons (Fsp3) is 0.900. The average molecular weight is 182 g/mol. The second-order valence-corrected chi connectivity index (χ2v) is 4.40. The normalized spacial score (nSPS) is 27.1. The van der Waals surface area contributed by atoms with Crippen molar-refractivity contribution >= 4 is 5.97 Å². The summed E-state index contributed by atoms with van der Waals surface area (Å²) >= 11 is 0. The highest BCUT2D eigenvalue weighted by molar-refractivity contribution is 5.74. The molecule has 1 radical (unpaired) electrons. The zero-order valence-corrected chi connectivity index (χ0v) is 7.83. The van der Waals surface area contributed by atoms with Crippen molar-refractivity contribution in [2.24, 2.45) is 11.3 Å². The van der Waals surface area contributed by atoms with Gasteiger partial charge in [-0.05, 0) is 25.2 Å². The summed E-state index contributed by atoms with van der Waals surface area (Å²) in [5, 5.41) is 13.4. The minimum atomic E-state index is -0.589. The molecule has 0 unspecified atom stereocenters. The van der Waals surface area contributed by atoms with E-state index in [1.807, 2.05) is 0 Å². The Morgan fingerprint density at radius 1 is 1.38 bits per heavy atom. The lowest BCUT2D eigenvalue weighted by Gasteiger charge is -2.32. The van der Waals surface area contributed by atoms with E-state index < -0.39 is 11.4 Å². The van der Waals surface area contributed by atoms with Crippen LogP contribution >= 0.6 is 0 Å². The Morgan fingerprint density at radius 2 is 2.00 bits per heavy atom. The van der Waals surface area contributed by atoms with Gasteiger partial charge in [-0.3, -0.25) is 4.79 Å². The standard InChI is InChI=1S/C10H16NO2/c12-9(13)10(7-8-1-2-8)3-5-11-6-4-10/h8H,1-7H2,(H,12,13). The van der Waals surface area contributed by atoms with Crippen molar-refractivity contribution in [3.05, 3.63) is 0 Å². The molecule has 0 aromatic carbocycles. The number of hydrogen-bond donors (Lipinski definition) is 1. The van der Waals surface area contributed by atoms with Crippen molar-refractivity contribution in [3.8, 4) is 0 Å². The van der Waals surface area contributed by atoms with Crippen LogP contribution in [-0.4, -0.2) is 24.2 Å². The van der Waals surface area contributed by atoms with E-state index >= 15 is 0 Å². The van der Waals surface area contributed by atoms with Crippen LogP contribution in [0.1, 0.15) is 32.1 Å². The van der Waals surface area contributed by atoms with Crippen LogP contribution in [0.4, 0.5) is 0 Å². The van der Waals surface area contributed by atoms with E-state index in [0.29, 0.717) is 5.92 Å². The van der Waals surface area contributed by atoms with Gasteiger partial charge >= 0.3 is 5.97 Å². The van der Waals surface area contributed by atoms with Crippen LogP contribution in [0.3, 0.4) is 0 Å². The largest absolute Gasteiger partial charge is 0.481 e. The maximum absolute atomic E-state index is 11.2. The van der Waals surface area contributed by atoms with Crippen molar-refractivity contribution in [2.45, 2.75) is 32.1 Å². The summed E-state index contributed by atoms with van der Waals surface area (Å²) in [6.45, 7) is 1.50. The lowest BCUT2D eigenvalue weighted by Crippen LogP contribution is -2.40. The summed E-state index contributed by atoms with van der Waals surface area (Å²) in [6.07, 6.45) is 4.91. The first-order valence-corrected chi connectivity index (χ1v) is 5.10. The van der Waals surface area contributed by atoms with Crippen molar-refractivity contribution in [2.75, 3.05) is 13.1 Å². The molecule has 2 rings (SSSR count). The summed E-state index contributed by atoms with van der Waals surface area (Å²) in [5.74, 6) is 0.114. The Kier molecular flexibility index (Phi) is 2.28. The molecule has 1 heterocycles. The summed E-state index contributed by atoms with van der Waals surface area (Å²) in [5.41, 5.74) is -0.414. The Morgan fingerprint density at radius 3 is 2.46 bits per heavy atom. The number of carbonyl (C=O) groups is 1. The highest BCUT2D eigenvalue weighted by Gasteiger charge is 2.43. The lowest BCUT2D eigenvalue weighted by atomic mass is 9.75. The molecule has 1 aliphatic carbocycles. The van der Waals surface area contributed by atoms with E-state index in [2.05, 4.69) is 5.32 Å². The second-order valence-electron chi connectivity index (χ2n) is 4.40. The number of nitrogens with zero attached hydrogens (tertiary/aromatic N) is 1. The number of rotatable bonds is 3. The first-order chi connectivity index (χ1) is 6.23. The lowest BCUT2D eigenvalue weighted by molar-refractivity contribution is -0.151. The monoisotopic (exact) mass is 182 g/mol. The summed E-state index contributed by atoms with van der Waals surface area (Å²) in [6, 6.07) is 0. The third-order valence-corrected chi connectivity index (χ3v) is 3.33. The third kappa shape index (κ3) is 1.85. The van der Waals surface area contributed by atoms with E-state index in [9.17, 15) is 9.90 Å². The molecule has 0 atom stereocenters. The van der Waals surface area contributed by atoms with Gasteiger partial charge < -0.3 is 5.11 Å². The quantitative estimate of drug-likeness (QED) is 0.714. The van der Waals surface area contributed by atoms with Crippen molar-refractivity contribution in [1.82, 2.24) is 5.32 Å². The molecule has 1 saturated carbocycles. The van der Waals surface area contributed by atoms with Crippen molar-refractivity contribution in [3.63, 3.8) is 0 Å². The summed E-state index contributed by atoms with van der Waals surface area (Å²) < 4.78 is 0. The maximum Gasteiger partial charge on any atom is 0.309 e. The van der Waals surface area contributed by atoms with E-state index in [1.165, 1.54) is 12.8 Å². The zero-order valence-electron chi connectivity index (χ0n) is 7.83. The highest BCUT2D eigenvalue weighted by atomic mass is 16.4. The van der Waals surface area contributed by atoms with Gasteiger partial charge in [-0.15, -0.1) is 0 Å². The van der Waals surface area contributed by atoms with Crippen molar-refractivity contribution in [1.29, 1.82) is 0 Å². The Balaban J connectivity index is 2.02. The molecule has 13 heavy (non-hydrogen) atoms. The molecule has 3 heteroatoms. The molecule has 3 nitrogen and oxygen atoms in total. The molecule has 2 fully saturated rings. The number of aliphatic carboxylic acids is 1. The Hall–Kier alpha value is -0.570. The first kappa shape index (κ1) is 9.00. The van der Waals surface area contributed by atoms with E-state index in [1.54, 1.807) is 0 Å². The first-order valence-electron chi connectivity index (χ1n) is 5.10. The molecule has 0 aromatic heterocycles. The molecular weight excluding hydrogens is 166 g/mol. The molecule has 0 bridgehead atoms. The maximum atomic E-state index is 11.2. The molecule has 2 aliphatic rings. The van der Waals surface area contributed by atoms with Crippen LogP contribution in [0.5, 0.6) is 0 Å². The minimum Gasteiger partial charge on any atom is -0.481 e. The number of carboxylic acids is 1. The summed E-state index contributed by atoms with van der Waals surface area (Å²) in [4.78, 5) is 11.2. The minimum absolute atomic E-state index is 0.414. The zero-order chi connectivity index (χ0) is 9.31. The van der Waals surface area contributed by atoms with Crippen LogP contribution in [0, 0.1) is 11.3 Å². The van der Waals surface area contributed by atoms with Crippen LogP contribution in [0.25, 0.3) is 0 Å². The van der Waals surface area contributed by atoms with Gasteiger partial charge in [-0.2, -0.15) is 0 Å². The van der Waals surface area contributed by atoms with E-state index in [0.717, 1.165) is 32.4 Å². The number of hydrogen-bond acceptors (Lipinski definition) is 1. The van der Waals surface area contributed by atoms with Gasteiger partial charge in [0.15, 0.2) is 0 Å². The molecular formula is C10H16NO2. The molecule has 0 aromatic rings. The van der Waals surface area contributed by atoms with Gasteiger partial charge in [0, 0.05) is 13.1 Å². The fourth-order valence-electron chi connectivity index (χ4n) is 2.20. The molecule has 1 aliphatic heterocycles. The predicted molar refractivity (Wildman–Crippen MR) is 48.5 cm³/mol. The molecule has 0 spiro atoms. The topological polar surface area (TPSA) is 51.4 Å². The third-order valence-electron chi connectivity index (χ3n) is 3.33. The summed E-state index contributed by atoms with van der Waals surface area (Å²) in [7, 11) is 0. The van der Waals surface area contributed by atoms with Gasteiger partial charge in [-0.1, -0.05) is 12.8 Å². The van der Waals surface area contributed by atoms with Crippen LogP contribution in [0.2, 0.25) is 0 Å². The van der Waals surface area contributed by atoms with E-state index in [4.69, 9.17) is 0 Å². The molecule has 1 saturated heterocycles. The predicted octanol–water partition coefficient (Wildman–Crippen LogP) is 1.26. The van der Waals surface area contributed by atoms with Gasteiger partial charge in [0.1, 0.15) is 0 Å². The SMILES string of the molecule is O=C(O)C1(CC2CC2)CC[N]CC1. The fourth-order valence-corrected chi connectivity index (χ4v) is 2.20. The molecule has 73 valence electrons. The molecule has 1 N–H and O–H groups in total.